The Morgan fingerprint density at radius 3 is 2.47 bits per heavy atom. The minimum atomic E-state index is -0.445. The van der Waals surface area contributed by atoms with E-state index in [2.05, 4.69) is 9.88 Å². The molecule has 1 atom stereocenters. The quantitative estimate of drug-likeness (QED) is 0.226. The smallest absolute Gasteiger partial charge is 0.237 e. The van der Waals surface area contributed by atoms with Gasteiger partial charge in [-0.25, -0.2) is 4.98 Å². The van der Waals surface area contributed by atoms with E-state index in [0.717, 1.165) is 44.0 Å². The Hall–Kier alpha value is -4.43. The number of rotatable bonds is 7. The molecular formula is C30H25N3O4S. The van der Waals surface area contributed by atoms with E-state index < -0.39 is 5.25 Å². The number of amides is 1. The Morgan fingerprint density at radius 2 is 1.68 bits per heavy atom. The van der Waals surface area contributed by atoms with Crippen LogP contribution in [0.3, 0.4) is 0 Å². The fourth-order valence-corrected chi connectivity index (χ4v) is 5.47. The minimum Gasteiger partial charge on any atom is -0.497 e. The molecule has 0 aliphatic carbocycles. The maximum atomic E-state index is 13.4. The average Bonchev–Trinajstić information content (AvgIpc) is 3.49. The number of carbonyl (C=O) groups is 1. The number of methoxy groups -OCH3 is 2. The first-order valence-electron chi connectivity index (χ1n) is 12.1. The molecule has 38 heavy (non-hydrogen) atoms. The van der Waals surface area contributed by atoms with Crippen molar-refractivity contribution in [3.63, 3.8) is 0 Å². The van der Waals surface area contributed by atoms with Crippen molar-refractivity contribution in [1.82, 2.24) is 9.55 Å². The van der Waals surface area contributed by atoms with Crippen molar-refractivity contribution < 1.29 is 18.7 Å². The lowest BCUT2D eigenvalue weighted by atomic mass is 10.1. The number of nitrogens with one attached hydrogen (secondary N) is 1. The fraction of sp³-hybridized carbons (Fsp3) is 0.133. The number of nitrogens with zero attached hydrogens (tertiary/aromatic N) is 2. The number of ether oxygens (including phenoxy) is 2. The summed E-state index contributed by atoms with van der Waals surface area (Å²) in [5.41, 5.74) is 4.78. The highest BCUT2D eigenvalue weighted by Crippen LogP contribution is 2.37. The summed E-state index contributed by atoms with van der Waals surface area (Å²) in [4.78, 5) is 18.2. The zero-order valence-corrected chi connectivity index (χ0v) is 21.9. The van der Waals surface area contributed by atoms with Crippen LogP contribution in [-0.4, -0.2) is 34.9 Å². The molecule has 6 aromatic rings. The summed E-state index contributed by atoms with van der Waals surface area (Å²) in [6, 6.07) is 27.3. The van der Waals surface area contributed by atoms with Crippen molar-refractivity contribution in [2.75, 3.05) is 19.5 Å². The van der Waals surface area contributed by atoms with Crippen LogP contribution in [0.15, 0.2) is 94.5 Å². The van der Waals surface area contributed by atoms with E-state index in [4.69, 9.17) is 18.9 Å². The second kappa shape index (κ2) is 9.79. The zero-order chi connectivity index (χ0) is 26.2. The molecule has 1 unspecified atom stereocenters. The molecular weight excluding hydrogens is 498 g/mol. The van der Waals surface area contributed by atoms with Gasteiger partial charge < -0.3 is 19.2 Å². The van der Waals surface area contributed by atoms with E-state index in [1.807, 2.05) is 91.9 Å². The summed E-state index contributed by atoms with van der Waals surface area (Å²) in [6.45, 7) is 1.86. The van der Waals surface area contributed by atoms with Crippen molar-refractivity contribution in [3.05, 3.63) is 84.9 Å². The molecule has 1 N–H and O–H groups in total. The second-order valence-electron chi connectivity index (χ2n) is 8.81. The van der Waals surface area contributed by atoms with Crippen LogP contribution in [0, 0.1) is 0 Å². The molecule has 4 aromatic carbocycles. The van der Waals surface area contributed by atoms with Crippen molar-refractivity contribution in [3.8, 4) is 17.2 Å². The van der Waals surface area contributed by atoms with Crippen LogP contribution >= 0.6 is 11.8 Å². The van der Waals surface area contributed by atoms with Crippen LogP contribution in [0.4, 0.5) is 5.69 Å². The Bertz CT molecular complexity index is 1790. The predicted molar refractivity (Wildman–Crippen MR) is 152 cm³/mol. The number of imidazole rings is 1. The summed E-state index contributed by atoms with van der Waals surface area (Å²) in [6.07, 6.45) is 0. The van der Waals surface area contributed by atoms with E-state index in [9.17, 15) is 4.79 Å². The third-order valence-corrected chi connectivity index (χ3v) is 7.52. The molecule has 0 saturated carbocycles. The van der Waals surface area contributed by atoms with E-state index >= 15 is 0 Å². The molecule has 1 amide bonds. The van der Waals surface area contributed by atoms with Crippen LogP contribution in [0.25, 0.3) is 38.7 Å². The first-order valence-corrected chi connectivity index (χ1v) is 13.0. The molecule has 0 aliphatic heterocycles. The first kappa shape index (κ1) is 23.9. The summed E-state index contributed by atoms with van der Waals surface area (Å²) < 4.78 is 19.0. The normalized spacial score (nSPS) is 12.2. The Balaban J connectivity index is 1.30. The summed E-state index contributed by atoms with van der Waals surface area (Å²) in [5.74, 6) is 1.17. The van der Waals surface area contributed by atoms with Gasteiger partial charge in [0.15, 0.2) is 5.16 Å². The number of thioether (sulfide) groups is 1. The lowest BCUT2D eigenvalue weighted by Crippen LogP contribution is -2.23. The Morgan fingerprint density at radius 1 is 0.921 bits per heavy atom. The lowest BCUT2D eigenvalue weighted by molar-refractivity contribution is -0.115. The Kier molecular flexibility index (Phi) is 6.17. The number of hydrogen-bond donors (Lipinski definition) is 1. The van der Waals surface area contributed by atoms with E-state index in [1.165, 1.54) is 11.8 Å². The maximum Gasteiger partial charge on any atom is 0.237 e. The minimum absolute atomic E-state index is 0.169. The summed E-state index contributed by atoms with van der Waals surface area (Å²) in [7, 11) is 3.23. The number of fused-ring (bicyclic) bond motifs is 4. The van der Waals surface area contributed by atoms with Crippen molar-refractivity contribution in [1.29, 1.82) is 0 Å². The van der Waals surface area contributed by atoms with E-state index in [1.54, 1.807) is 14.2 Å². The van der Waals surface area contributed by atoms with Crippen molar-refractivity contribution in [2.45, 2.75) is 17.3 Å². The molecule has 0 fully saturated rings. The average molecular weight is 524 g/mol. The van der Waals surface area contributed by atoms with Gasteiger partial charge in [-0.2, -0.15) is 0 Å². The molecule has 0 saturated heterocycles. The third kappa shape index (κ3) is 4.22. The number of benzene rings is 4. The topological polar surface area (TPSA) is 78.5 Å². The zero-order valence-electron chi connectivity index (χ0n) is 21.1. The SMILES string of the molecule is COc1ccc(-n2c(SC(C)C(=O)Nc3cc4oc5ccccc5c4cc3OC)nc3ccccc32)cc1. The molecule has 7 nitrogen and oxygen atoms in total. The molecule has 0 aliphatic rings. The molecule has 0 bridgehead atoms. The summed E-state index contributed by atoms with van der Waals surface area (Å²) in [5, 5.41) is 5.24. The summed E-state index contributed by atoms with van der Waals surface area (Å²) >= 11 is 1.39. The highest BCUT2D eigenvalue weighted by Gasteiger charge is 2.22. The van der Waals surface area contributed by atoms with Gasteiger partial charge in [-0.15, -0.1) is 0 Å². The van der Waals surface area contributed by atoms with Gasteiger partial charge in [-0.05, 0) is 55.5 Å². The van der Waals surface area contributed by atoms with Gasteiger partial charge in [0.25, 0.3) is 0 Å². The van der Waals surface area contributed by atoms with E-state index in [-0.39, 0.29) is 5.91 Å². The highest BCUT2D eigenvalue weighted by molar-refractivity contribution is 8.00. The highest BCUT2D eigenvalue weighted by atomic mass is 32.2. The molecule has 2 aromatic heterocycles. The van der Waals surface area contributed by atoms with Gasteiger partial charge in [0.1, 0.15) is 22.7 Å². The first-order chi connectivity index (χ1) is 18.6. The van der Waals surface area contributed by atoms with Gasteiger partial charge in [-0.1, -0.05) is 42.1 Å². The molecule has 2 heterocycles. The second-order valence-corrected chi connectivity index (χ2v) is 10.1. The number of para-hydroxylation sites is 3. The number of anilines is 1. The fourth-order valence-electron chi connectivity index (χ4n) is 4.53. The van der Waals surface area contributed by atoms with Crippen LogP contribution in [0.1, 0.15) is 6.92 Å². The molecule has 8 heteroatoms. The maximum absolute atomic E-state index is 13.4. The van der Waals surface area contributed by atoms with Crippen LogP contribution < -0.4 is 14.8 Å². The van der Waals surface area contributed by atoms with Crippen molar-refractivity contribution in [2.24, 2.45) is 0 Å². The van der Waals surface area contributed by atoms with Crippen LogP contribution in [0.5, 0.6) is 11.5 Å². The number of furan rings is 1. The van der Waals surface area contributed by atoms with Crippen LogP contribution in [0.2, 0.25) is 0 Å². The van der Waals surface area contributed by atoms with Gasteiger partial charge in [0, 0.05) is 22.5 Å². The Labute approximate surface area is 223 Å². The monoisotopic (exact) mass is 523 g/mol. The van der Waals surface area contributed by atoms with Gasteiger partial charge in [-0.3, -0.25) is 9.36 Å². The number of aromatic nitrogens is 2. The molecule has 0 radical (unpaired) electrons. The number of carbonyl (C=O) groups excluding carboxylic acids is 1. The van der Waals surface area contributed by atoms with Gasteiger partial charge in [0.2, 0.25) is 5.91 Å². The lowest BCUT2D eigenvalue weighted by Gasteiger charge is -2.15. The molecule has 6 rings (SSSR count). The van der Waals surface area contributed by atoms with Gasteiger partial charge >= 0.3 is 0 Å². The number of hydrogen-bond acceptors (Lipinski definition) is 6. The third-order valence-electron chi connectivity index (χ3n) is 6.47. The van der Waals surface area contributed by atoms with E-state index in [0.29, 0.717) is 17.0 Å². The standard InChI is InChI=1S/C30H25N3O4S/c1-18(29(34)31-24-17-27-22(16-28(24)36-3)21-8-4-7-11-26(21)37-27)38-30-32-23-9-5-6-10-25(23)33(30)19-12-14-20(35-2)15-13-19/h4-18H,1-3H3,(H,31,34). The van der Waals surface area contributed by atoms with Crippen LogP contribution in [-0.2, 0) is 4.79 Å². The predicted octanol–water partition coefficient (Wildman–Crippen LogP) is 7.06. The van der Waals surface area contributed by atoms with Crippen molar-refractivity contribution >= 4 is 56.3 Å². The largest absolute Gasteiger partial charge is 0.497 e. The molecule has 190 valence electrons. The molecule has 0 spiro atoms. The van der Waals surface area contributed by atoms with Gasteiger partial charge in [0.05, 0.1) is 36.2 Å².